The molecule has 1 aliphatic heterocycles. The van der Waals surface area contributed by atoms with Crippen LogP contribution >= 0.6 is 11.8 Å². The molecule has 0 aliphatic carbocycles. The summed E-state index contributed by atoms with van der Waals surface area (Å²) in [6, 6.07) is 8.72. The van der Waals surface area contributed by atoms with Crippen molar-refractivity contribution in [2.24, 2.45) is 5.73 Å². The Bertz CT molecular complexity index is 333. The number of hydrogen-bond acceptors (Lipinski definition) is 2. The maximum absolute atomic E-state index is 5.68. The second-order valence-corrected chi connectivity index (χ2v) is 6.07. The predicted molar refractivity (Wildman–Crippen MR) is 62.8 cm³/mol. The first-order chi connectivity index (χ1) is 6.65. The lowest BCUT2D eigenvalue weighted by atomic mass is 9.85. The van der Waals surface area contributed by atoms with Crippen molar-refractivity contribution in [3.8, 4) is 0 Å². The zero-order chi connectivity index (χ0) is 10.2. The van der Waals surface area contributed by atoms with Crippen molar-refractivity contribution in [2.75, 3.05) is 6.54 Å². The highest BCUT2D eigenvalue weighted by molar-refractivity contribution is 8.01. The van der Waals surface area contributed by atoms with Crippen LogP contribution in [0.2, 0.25) is 0 Å². The lowest BCUT2D eigenvalue weighted by Crippen LogP contribution is -2.23. The van der Waals surface area contributed by atoms with Gasteiger partial charge in [-0.15, -0.1) is 11.8 Å². The topological polar surface area (TPSA) is 26.0 Å². The van der Waals surface area contributed by atoms with Crippen LogP contribution in [0, 0.1) is 0 Å². The summed E-state index contributed by atoms with van der Waals surface area (Å²) in [6.07, 6.45) is 1.09. The van der Waals surface area contributed by atoms with Gasteiger partial charge in [-0.1, -0.05) is 18.2 Å². The highest BCUT2D eigenvalue weighted by Crippen LogP contribution is 2.53. The van der Waals surface area contributed by atoms with Crippen molar-refractivity contribution >= 4 is 11.8 Å². The van der Waals surface area contributed by atoms with Gasteiger partial charge in [-0.25, -0.2) is 0 Å². The van der Waals surface area contributed by atoms with E-state index in [9.17, 15) is 0 Å². The van der Waals surface area contributed by atoms with Gasteiger partial charge in [-0.2, -0.15) is 0 Å². The fourth-order valence-electron chi connectivity index (χ4n) is 2.26. The van der Waals surface area contributed by atoms with Crippen molar-refractivity contribution in [1.82, 2.24) is 0 Å². The number of nitrogens with two attached hydrogens (primary N) is 1. The lowest BCUT2D eigenvalue weighted by molar-refractivity contribution is 0.524. The fourth-order valence-corrected chi connectivity index (χ4v) is 3.69. The molecule has 2 heteroatoms. The second-order valence-electron chi connectivity index (χ2n) is 4.37. The Kier molecular flexibility index (Phi) is 2.58. The van der Waals surface area contributed by atoms with E-state index in [1.807, 2.05) is 11.8 Å². The van der Waals surface area contributed by atoms with Crippen LogP contribution in [-0.4, -0.2) is 11.3 Å². The van der Waals surface area contributed by atoms with Gasteiger partial charge in [-0.05, 0) is 38.4 Å². The van der Waals surface area contributed by atoms with Crippen LogP contribution in [-0.2, 0) is 0 Å². The number of fused-ring (bicyclic) bond motifs is 1. The largest absolute Gasteiger partial charge is 0.330 e. The molecule has 1 aromatic carbocycles. The van der Waals surface area contributed by atoms with Gasteiger partial charge in [-0.3, -0.25) is 0 Å². The van der Waals surface area contributed by atoms with E-state index in [2.05, 4.69) is 38.1 Å². The van der Waals surface area contributed by atoms with Crippen LogP contribution < -0.4 is 5.73 Å². The van der Waals surface area contributed by atoms with E-state index in [0.29, 0.717) is 10.7 Å². The van der Waals surface area contributed by atoms with E-state index in [1.54, 1.807) is 0 Å². The highest BCUT2D eigenvalue weighted by Gasteiger charge is 2.38. The van der Waals surface area contributed by atoms with Crippen LogP contribution in [0.15, 0.2) is 29.2 Å². The molecule has 1 aromatic rings. The normalized spacial score (nSPS) is 23.5. The molecule has 2 N–H and O–H groups in total. The molecule has 0 bridgehead atoms. The third kappa shape index (κ3) is 1.57. The van der Waals surface area contributed by atoms with Crippen molar-refractivity contribution in [3.63, 3.8) is 0 Å². The smallest absolute Gasteiger partial charge is 0.0220 e. The van der Waals surface area contributed by atoms with Gasteiger partial charge < -0.3 is 5.73 Å². The zero-order valence-corrected chi connectivity index (χ0v) is 9.60. The van der Waals surface area contributed by atoms with E-state index in [4.69, 9.17) is 5.73 Å². The van der Waals surface area contributed by atoms with Crippen LogP contribution in [0.5, 0.6) is 0 Å². The molecule has 76 valence electrons. The Hall–Kier alpha value is -0.470. The summed E-state index contributed by atoms with van der Waals surface area (Å²) < 4.78 is 0.309. The fraction of sp³-hybridized carbons (Fsp3) is 0.500. The van der Waals surface area contributed by atoms with E-state index in [-0.39, 0.29) is 0 Å². The molecule has 0 fully saturated rings. The van der Waals surface area contributed by atoms with E-state index < -0.39 is 0 Å². The first-order valence-corrected chi connectivity index (χ1v) is 5.95. The predicted octanol–water partition coefficient (Wildman–Crippen LogP) is 3.00. The number of benzene rings is 1. The minimum absolute atomic E-state index is 0.309. The summed E-state index contributed by atoms with van der Waals surface area (Å²) >= 11 is 1.99. The zero-order valence-electron chi connectivity index (χ0n) is 8.79. The quantitative estimate of drug-likeness (QED) is 0.806. The lowest BCUT2D eigenvalue weighted by Gasteiger charge is -2.25. The first-order valence-electron chi connectivity index (χ1n) is 5.13. The van der Waals surface area contributed by atoms with Crippen LogP contribution in [0.25, 0.3) is 0 Å². The Labute approximate surface area is 90.1 Å². The molecular weight excluding hydrogens is 190 g/mol. The van der Waals surface area contributed by atoms with Crippen molar-refractivity contribution in [1.29, 1.82) is 0 Å². The van der Waals surface area contributed by atoms with Crippen molar-refractivity contribution in [2.45, 2.75) is 35.8 Å². The van der Waals surface area contributed by atoms with Crippen molar-refractivity contribution in [3.05, 3.63) is 29.8 Å². The number of hydrogen-bond donors (Lipinski definition) is 1. The molecule has 0 amide bonds. The van der Waals surface area contributed by atoms with Gasteiger partial charge in [0.1, 0.15) is 0 Å². The van der Waals surface area contributed by atoms with Gasteiger partial charge in [0.25, 0.3) is 0 Å². The average Bonchev–Trinajstić information content (AvgIpc) is 2.39. The first kappa shape index (κ1) is 10.1. The molecule has 1 heterocycles. The van der Waals surface area contributed by atoms with Gasteiger partial charge in [0, 0.05) is 15.6 Å². The molecule has 1 nitrogen and oxygen atoms in total. The second kappa shape index (κ2) is 3.59. The molecule has 0 spiro atoms. The van der Waals surface area contributed by atoms with Crippen molar-refractivity contribution < 1.29 is 0 Å². The molecular formula is C12H17NS. The van der Waals surface area contributed by atoms with E-state index in [0.717, 1.165) is 13.0 Å². The molecule has 14 heavy (non-hydrogen) atoms. The Morgan fingerprint density at radius 1 is 1.36 bits per heavy atom. The molecule has 0 radical (unpaired) electrons. The minimum Gasteiger partial charge on any atom is -0.330 e. The van der Waals surface area contributed by atoms with Crippen LogP contribution in [0.1, 0.15) is 31.7 Å². The molecule has 1 atom stereocenters. The summed E-state index contributed by atoms with van der Waals surface area (Å²) in [7, 11) is 0. The third-order valence-electron chi connectivity index (χ3n) is 2.96. The molecule has 0 aromatic heterocycles. The highest BCUT2D eigenvalue weighted by atomic mass is 32.2. The molecule has 1 unspecified atom stereocenters. The summed E-state index contributed by atoms with van der Waals surface area (Å²) in [5, 5.41) is 0. The monoisotopic (exact) mass is 207 g/mol. The Balaban J connectivity index is 2.37. The SMILES string of the molecule is CC1(C)Sc2ccccc2C1CCN. The summed E-state index contributed by atoms with van der Waals surface area (Å²) in [4.78, 5) is 1.44. The van der Waals surface area contributed by atoms with Gasteiger partial charge >= 0.3 is 0 Å². The number of rotatable bonds is 2. The standard InChI is InChI=1S/C12H17NS/c1-12(2)10(7-8-13)9-5-3-4-6-11(9)14-12/h3-6,10H,7-8,13H2,1-2H3. The van der Waals surface area contributed by atoms with Crippen LogP contribution in [0.4, 0.5) is 0 Å². The summed E-state index contributed by atoms with van der Waals surface area (Å²) in [6.45, 7) is 5.42. The Morgan fingerprint density at radius 2 is 2.07 bits per heavy atom. The average molecular weight is 207 g/mol. The molecule has 2 rings (SSSR count). The minimum atomic E-state index is 0.309. The molecule has 1 aliphatic rings. The maximum atomic E-state index is 5.68. The van der Waals surface area contributed by atoms with Crippen LogP contribution in [0.3, 0.4) is 0 Å². The van der Waals surface area contributed by atoms with E-state index in [1.165, 1.54) is 10.5 Å². The van der Waals surface area contributed by atoms with E-state index >= 15 is 0 Å². The number of thioether (sulfide) groups is 1. The summed E-state index contributed by atoms with van der Waals surface area (Å²) in [5.41, 5.74) is 7.17. The molecule has 0 saturated heterocycles. The molecule has 0 saturated carbocycles. The van der Waals surface area contributed by atoms with Gasteiger partial charge in [0.15, 0.2) is 0 Å². The maximum Gasteiger partial charge on any atom is 0.0220 e. The Morgan fingerprint density at radius 3 is 2.79 bits per heavy atom. The summed E-state index contributed by atoms with van der Waals surface area (Å²) in [5.74, 6) is 0.619. The third-order valence-corrected chi connectivity index (χ3v) is 4.36. The van der Waals surface area contributed by atoms with Gasteiger partial charge in [0.05, 0.1) is 0 Å². The van der Waals surface area contributed by atoms with Gasteiger partial charge in [0.2, 0.25) is 0 Å².